The average Bonchev–Trinajstić information content (AvgIpc) is 0.908. The molecule has 4 N–H and O–H groups in total. The van der Waals surface area contributed by atoms with Crippen LogP contribution in [-0.2, 0) is 55.8 Å². The lowest BCUT2D eigenvalue weighted by Gasteiger charge is -2.21. The van der Waals surface area contributed by atoms with E-state index in [1.165, 1.54) is 57.8 Å². The summed E-state index contributed by atoms with van der Waals surface area (Å²) >= 11 is 0. The number of rotatable bonds is 76. The summed E-state index contributed by atoms with van der Waals surface area (Å²) in [4.78, 5) is 58.8. The summed E-state index contributed by atoms with van der Waals surface area (Å²) in [6.07, 6.45) is 104. The van der Waals surface area contributed by atoms with E-state index in [4.69, 9.17) is 32.3 Å². The van der Waals surface area contributed by atoms with E-state index in [1.807, 2.05) is 0 Å². The van der Waals surface area contributed by atoms with Gasteiger partial charge in [-0.2, -0.15) is 0 Å². The number of phosphoric acid groups is 2. The zero-order valence-corrected chi connectivity index (χ0v) is 68.3. The van der Waals surface area contributed by atoms with E-state index in [0.717, 1.165) is 186 Å². The molecule has 0 bridgehead atoms. The minimum Gasteiger partial charge on any atom is -0.463 e. The quantitative estimate of drug-likeness (QED) is 0.0146. The van der Waals surface area contributed by atoms with Gasteiger partial charge in [-0.15, -0.1) is 0 Å². The Morgan fingerprint density at radius 2 is 0.467 bits per heavy atom. The van der Waals surface area contributed by atoms with Crippen LogP contribution in [0.3, 0.4) is 0 Å². The zero-order valence-electron chi connectivity index (χ0n) is 66.5. The second kappa shape index (κ2) is 80.2. The van der Waals surface area contributed by atoms with Crippen LogP contribution in [0.1, 0.15) is 303 Å². The third kappa shape index (κ3) is 81.5. The normalized spacial score (nSPS) is 14.9. The highest BCUT2D eigenvalue weighted by atomic mass is 31.2. The summed E-state index contributed by atoms with van der Waals surface area (Å²) in [5.74, 6) is -1.62. The van der Waals surface area contributed by atoms with Crippen molar-refractivity contribution >= 4 is 33.6 Å². The summed E-state index contributed by atoms with van der Waals surface area (Å²) in [6, 6.07) is 0. The topological polar surface area (TPSA) is 231 Å². The number of ether oxygens (including phenoxy) is 3. The molecule has 0 saturated heterocycles. The molecular weight excluding hydrogens is 1390 g/mol. The Labute approximate surface area is 649 Å². The SMILES string of the molecule is CC/C=C\C/C=C\C/C=C\C/C=C\C/C=C\C/C=C\CCCCCCCCCCC(=O)OCC(O)COP(=O)(O)OCC(O)COP(=O)(O)OCC(COC(=O)CCCCCCCCCCCCC/C=C\C/C=C\C/C=C\C/C=C\C/C=C\CC)OC(=O)CCCCCC/C=C\C/C=C\C/C=C\C/C=C\CC. The number of allylic oxidation sites excluding steroid dienone is 30. The van der Waals surface area contributed by atoms with Crippen LogP contribution in [0, 0.1) is 0 Å². The Morgan fingerprint density at radius 1 is 0.262 bits per heavy atom. The predicted octanol–water partition coefficient (Wildman–Crippen LogP) is 24.5. The van der Waals surface area contributed by atoms with E-state index in [9.17, 15) is 43.5 Å². The number of aliphatic hydroxyl groups is 2. The van der Waals surface area contributed by atoms with Crippen LogP contribution in [0.4, 0.5) is 0 Å². The van der Waals surface area contributed by atoms with Crippen molar-refractivity contribution in [3.05, 3.63) is 182 Å². The van der Waals surface area contributed by atoms with Gasteiger partial charge in [0.25, 0.3) is 0 Å². The van der Waals surface area contributed by atoms with Gasteiger partial charge in [-0.1, -0.05) is 312 Å². The lowest BCUT2D eigenvalue weighted by atomic mass is 10.0. The van der Waals surface area contributed by atoms with Gasteiger partial charge >= 0.3 is 33.6 Å². The average molecular weight is 1530 g/mol. The monoisotopic (exact) mass is 1530 g/mol. The van der Waals surface area contributed by atoms with Crippen molar-refractivity contribution < 1.29 is 75.8 Å². The maximum Gasteiger partial charge on any atom is 0.472 e. The van der Waals surface area contributed by atoms with Crippen molar-refractivity contribution in [3.8, 4) is 0 Å². The van der Waals surface area contributed by atoms with Crippen molar-refractivity contribution in [1.82, 2.24) is 0 Å². The number of carbonyl (C=O) groups is 3. The van der Waals surface area contributed by atoms with Crippen molar-refractivity contribution in [1.29, 1.82) is 0 Å². The van der Waals surface area contributed by atoms with Gasteiger partial charge < -0.3 is 34.2 Å². The molecule has 16 nitrogen and oxygen atoms in total. The van der Waals surface area contributed by atoms with Gasteiger partial charge in [0.2, 0.25) is 0 Å². The van der Waals surface area contributed by atoms with Crippen molar-refractivity contribution in [3.63, 3.8) is 0 Å². The molecule has 0 saturated carbocycles. The first-order valence-electron chi connectivity index (χ1n) is 41.1. The molecule has 0 aliphatic carbocycles. The summed E-state index contributed by atoms with van der Waals surface area (Å²) in [5.41, 5.74) is 0. The summed E-state index contributed by atoms with van der Waals surface area (Å²) in [7, 11) is -9.82. The van der Waals surface area contributed by atoms with Crippen LogP contribution < -0.4 is 0 Å². The van der Waals surface area contributed by atoms with Crippen molar-refractivity contribution in [2.45, 2.75) is 322 Å². The molecule has 107 heavy (non-hydrogen) atoms. The number of hydrogen-bond donors (Lipinski definition) is 4. The fourth-order valence-electron chi connectivity index (χ4n) is 10.5. The number of hydrogen-bond acceptors (Lipinski definition) is 14. The smallest absolute Gasteiger partial charge is 0.463 e. The van der Waals surface area contributed by atoms with Crippen LogP contribution in [0.2, 0.25) is 0 Å². The van der Waals surface area contributed by atoms with E-state index < -0.39 is 91.5 Å². The first kappa shape index (κ1) is 102. The lowest BCUT2D eigenvalue weighted by molar-refractivity contribution is -0.161. The molecule has 608 valence electrons. The second-order valence-electron chi connectivity index (χ2n) is 26.8. The van der Waals surface area contributed by atoms with E-state index in [-0.39, 0.29) is 19.3 Å². The zero-order chi connectivity index (χ0) is 78.0. The maximum absolute atomic E-state index is 13.0. The lowest BCUT2D eigenvalue weighted by Crippen LogP contribution is -2.30. The number of aliphatic hydroxyl groups excluding tert-OH is 2. The van der Waals surface area contributed by atoms with E-state index in [0.29, 0.717) is 19.3 Å². The van der Waals surface area contributed by atoms with E-state index in [2.05, 4.69) is 203 Å². The van der Waals surface area contributed by atoms with Gasteiger partial charge in [0.05, 0.1) is 26.4 Å². The van der Waals surface area contributed by atoms with Crippen molar-refractivity contribution in [2.24, 2.45) is 0 Å². The molecule has 5 unspecified atom stereocenters. The summed E-state index contributed by atoms with van der Waals surface area (Å²) < 4.78 is 61.2. The number of esters is 3. The third-order valence-corrected chi connectivity index (χ3v) is 18.5. The van der Waals surface area contributed by atoms with Crippen molar-refractivity contribution in [2.75, 3.05) is 39.6 Å². The Balaban J connectivity index is 4.64. The molecule has 0 rings (SSSR count). The highest BCUT2D eigenvalue weighted by Crippen LogP contribution is 2.45. The molecule has 0 aliphatic heterocycles. The van der Waals surface area contributed by atoms with Gasteiger partial charge in [0.1, 0.15) is 25.4 Å². The highest BCUT2D eigenvalue weighted by molar-refractivity contribution is 7.47. The standard InChI is InChI=1S/C89H146O16P2/c1-4-7-10-13-16-19-22-25-28-31-33-35-37-39-41-43-45-47-49-52-54-57-60-63-66-69-72-75-87(92)99-78-84(90)79-101-106(95,96)102-80-85(91)81-103-107(97,98)104-83-86(105-89(94)77-74-71-68-65-62-59-56-51-30-27-24-21-18-15-12-9-6-3)82-100-88(93)76-73-70-67-64-61-58-55-53-50-48-46-44-42-40-38-36-34-32-29-26-23-20-17-14-11-8-5-2/h7-12,16-21,25-30,33-36,39-42,45,47,56,59,84-86,90-91H,4-6,13-15,22-24,31-32,37-38,43-44,46,48-55,57-58,60-83H2,1-3H3,(H,95,96)(H,97,98)/b10-7-,11-8-,12-9-,19-16-,20-17-,21-18-,28-25-,29-26-,30-27-,35-33-,36-34-,41-39-,42-40-,47-45-,59-56-. The van der Waals surface area contributed by atoms with E-state index >= 15 is 0 Å². The molecule has 0 heterocycles. The van der Waals surface area contributed by atoms with Gasteiger partial charge in [0.15, 0.2) is 6.10 Å². The Kier molecular flexibility index (Phi) is 76.2. The van der Waals surface area contributed by atoms with E-state index in [1.54, 1.807) is 0 Å². The minimum atomic E-state index is -4.95. The Hall–Kier alpha value is -5.35. The van der Waals surface area contributed by atoms with Gasteiger partial charge in [-0.25, -0.2) is 9.13 Å². The minimum absolute atomic E-state index is 0.0700. The van der Waals surface area contributed by atoms with Crippen LogP contribution in [0.25, 0.3) is 0 Å². The number of phosphoric ester groups is 2. The molecule has 0 radical (unpaired) electrons. The van der Waals surface area contributed by atoms with Gasteiger partial charge in [0, 0.05) is 19.3 Å². The number of unbranched alkanes of at least 4 members (excludes halogenated alkanes) is 23. The molecule has 0 spiro atoms. The largest absolute Gasteiger partial charge is 0.472 e. The molecule has 0 amide bonds. The highest BCUT2D eigenvalue weighted by Gasteiger charge is 2.29. The molecule has 0 aliphatic rings. The van der Waals surface area contributed by atoms with Crippen LogP contribution in [0.15, 0.2) is 182 Å². The van der Waals surface area contributed by atoms with Crippen LogP contribution in [-0.4, -0.2) is 95.9 Å². The second-order valence-corrected chi connectivity index (χ2v) is 29.7. The Bertz CT molecular complexity index is 2670. The summed E-state index contributed by atoms with van der Waals surface area (Å²) in [5, 5.41) is 20.7. The predicted molar refractivity (Wildman–Crippen MR) is 445 cm³/mol. The summed E-state index contributed by atoms with van der Waals surface area (Å²) in [6.45, 7) is 2.29. The van der Waals surface area contributed by atoms with Crippen LogP contribution in [0.5, 0.6) is 0 Å². The molecular formula is C89H146O16P2. The van der Waals surface area contributed by atoms with Gasteiger partial charge in [-0.3, -0.25) is 32.5 Å². The van der Waals surface area contributed by atoms with Crippen LogP contribution >= 0.6 is 15.6 Å². The fraction of sp³-hybridized carbons (Fsp3) is 0.629. The first-order chi connectivity index (χ1) is 52.2. The maximum atomic E-state index is 13.0. The molecule has 0 fully saturated rings. The molecule has 0 aromatic carbocycles. The molecule has 0 aromatic heterocycles. The molecule has 0 aromatic rings. The first-order valence-corrected chi connectivity index (χ1v) is 44.1. The third-order valence-electron chi connectivity index (χ3n) is 16.6. The van der Waals surface area contributed by atoms with Gasteiger partial charge in [-0.05, 0) is 154 Å². The number of carbonyl (C=O) groups excluding carboxylic acids is 3. The fourth-order valence-corrected chi connectivity index (χ4v) is 12.1. The molecule has 18 heteroatoms. The Morgan fingerprint density at radius 3 is 0.738 bits per heavy atom. The molecule has 5 atom stereocenters.